The van der Waals surface area contributed by atoms with Crippen LogP contribution in [0.2, 0.25) is 0 Å². The van der Waals surface area contributed by atoms with Gasteiger partial charge in [0.25, 0.3) is 0 Å². The molecule has 3 N–H and O–H groups in total. The van der Waals surface area contributed by atoms with E-state index in [4.69, 9.17) is 4.74 Å². The van der Waals surface area contributed by atoms with Crippen molar-refractivity contribution in [3.8, 4) is 0 Å². The fourth-order valence-corrected chi connectivity index (χ4v) is 4.44. The molecule has 1 aliphatic heterocycles. The minimum Gasteiger partial charge on any atom is -0.444 e. The van der Waals surface area contributed by atoms with Gasteiger partial charge in [0, 0.05) is 12.7 Å². The molecule has 200 valence electrons. The van der Waals surface area contributed by atoms with Crippen LogP contribution in [0.4, 0.5) is 28.4 Å². The van der Waals surface area contributed by atoms with Crippen molar-refractivity contribution in [3.63, 3.8) is 0 Å². The van der Waals surface area contributed by atoms with Gasteiger partial charge in [-0.3, -0.25) is 9.78 Å². The summed E-state index contributed by atoms with van der Waals surface area (Å²) in [6, 6.07) is -2.03. The Balaban J connectivity index is 1.69. The lowest BCUT2D eigenvalue weighted by molar-refractivity contribution is -0.149. The molecule has 36 heavy (non-hydrogen) atoms. The maximum atomic E-state index is 13.2. The zero-order valence-electron chi connectivity index (χ0n) is 20.9. The van der Waals surface area contributed by atoms with Crippen molar-refractivity contribution in [3.05, 3.63) is 24.0 Å². The number of carbonyl (C=O) groups excluding carboxylic acids is 3. The van der Waals surface area contributed by atoms with Crippen molar-refractivity contribution in [1.82, 2.24) is 20.5 Å². The van der Waals surface area contributed by atoms with Crippen LogP contribution in [0.5, 0.6) is 0 Å². The Bertz CT molecular complexity index is 958. The number of hydrogen-bond acceptors (Lipinski definition) is 5. The van der Waals surface area contributed by atoms with Gasteiger partial charge in [-0.1, -0.05) is 19.8 Å². The van der Waals surface area contributed by atoms with E-state index in [9.17, 15) is 27.6 Å². The third-order valence-electron chi connectivity index (χ3n) is 6.31. The summed E-state index contributed by atoms with van der Waals surface area (Å²) < 4.78 is 44.2. The van der Waals surface area contributed by atoms with E-state index in [0.29, 0.717) is 17.2 Å². The largest absolute Gasteiger partial charge is 0.444 e. The molecule has 1 aromatic heterocycles. The molecule has 12 heteroatoms. The van der Waals surface area contributed by atoms with Crippen LogP contribution in [0.1, 0.15) is 58.9 Å². The van der Waals surface area contributed by atoms with E-state index in [1.165, 1.54) is 12.4 Å². The number of pyridine rings is 1. The highest BCUT2D eigenvalue weighted by Gasteiger charge is 2.46. The molecule has 2 atom stereocenters. The molecule has 0 bridgehead atoms. The van der Waals surface area contributed by atoms with Crippen LogP contribution in [0.3, 0.4) is 0 Å². The Morgan fingerprint density at radius 1 is 1.19 bits per heavy atom. The number of nitrogens with one attached hydrogen (secondary N) is 3. The van der Waals surface area contributed by atoms with Crippen LogP contribution >= 0.6 is 0 Å². The smallest absolute Gasteiger partial charge is 0.410 e. The number of anilines is 1. The Hall–Kier alpha value is -3.05. The molecule has 2 aliphatic rings. The minimum absolute atomic E-state index is 0.0718. The average Bonchev–Trinajstić information content (AvgIpc) is 3.12. The predicted octanol–water partition coefficient (Wildman–Crippen LogP) is 4.20. The fourth-order valence-electron chi connectivity index (χ4n) is 4.44. The van der Waals surface area contributed by atoms with Gasteiger partial charge in [0.15, 0.2) is 0 Å². The van der Waals surface area contributed by atoms with Crippen molar-refractivity contribution in [1.29, 1.82) is 0 Å². The van der Waals surface area contributed by atoms with Crippen molar-refractivity contribution in [2.24, 2.45) is 11.8 Å². The van der Waals surface area contributed by atoms with Gasteiger partial charge in [0.05, 0.1) is 18.4 Å². The van der Waals surface area contributed by atoms with Crippen LogP contribution in [0, 0.1) is 11.8 Å². The number of amides is 4. The number of aromatic nitrogens is 1. The van der Waals surface area contributed by atoms with Crippen molar-refractivity contribution >= 4 is 23.7 Å². The number of rotatable bonds is 6. The summed E-state index contributed by atoms with van der Waals surface area (Å²) in [5, 5.41) is 7.39. The normalized spacial score (nSPS) is 23.6. The summed E-state index contributed by atoms with van der Waals surface area (Å²) in [7, 11) is 0. The maximum Gasteiger partial charge on any atom is 0.410 e. The molecule has 0 radical (unpaired) electrons. The zero-order valence-corrected chi connectivity index (χ0v) is 20.9. The standard InChI is InChI=1S/C24H34F3N5O4/c1-14-5-7-16(8-6-14)19(31-22(35)36-23(2,3)4)20(33)29-17-9-15(10-28-11-17)12-32-13-18(24(25,26)27)30-21(32)34/h9-11,14,16,18-19H,5-8,12-13H2,1-4H3,(H,29,33)(H,30,34)(H,31,35)/t14?,16?,18-,19?/m0/s1. The number of carbonyl (C=O) groups is 3. The van der Waals surface area contributed by atoms with Gasteiger partial charge in [-0.05, 0) is 57.1 Å². The van der Waals surface area contributed by atoms with E-state index < -0.39 is 48.4 Å². The van der Waals surface area contributed by atoms with E-state index >= 15 is 0 Å². The Morgan fingerprint density at radius 3 is 2.44 bits per heavy atom. The Labute approximate surface area is 208 Å². The van der Waals surface area contributed by atoms with Gasteiger partial charge in [-0.25, -0.2) is 9.59 Å². The summed E-state index contributed by atoms with van der Waals surface area (Å²) in [5.74, 6) is 0.0416. The summed E-state index contributed by atoms with van der Waals surface area (Å²) in [6.07, 6.45) is 1.03. The van der Waals surface area contributed by atoms with Gasteiger partial charge >= 0.3 is 18.3 Å². The van der Waals surface area contributed by atoms with Crippen molar-refractivity contribution < 1.29 is 32.3 Å². The number of alkyl halides is 3. The molecule has 1 aromatic rings. The van der Waals surface area contributed by atoms with E-state index in [-0.39, 0.29) is 12.5 Å². The van der Waals surface area contributed by atoms with E-state index in [1.54, 1.807) is 26.8 Å². The third kappa shape index (κ3) is 7.72. The zero-order chi connectivity index (χ0) is 26.7. The Morgan fingerprint density at radius 2 is 1.86 bits per heavy atom. The second-order valence-electron chi connectivity index (χ2n) is 10.6. The number of alkyl carbamates (subject to hydrolysis) is 1. The Kier molecular flexibility index (Phi) is 8.35. The molecule has 4 amide bonds. The molecule has 1 saturated carbocycles. The summed E-state index contributed by atoms with van der Waals surface area (Å²) in [4.78, 5) is 42.8. The topological polar surface area (TPSA) is 113 Å². The third-order valence-corrected chi connectivity index (χ3v) is 6.31. The van der Waals surface area contributed by atoms with Gasteiger partial charge in [-0.15, -0.1) is 0 Å². The fraction of sp³-hybridized carbons (Fsp3) is 0.667. The highest BCUT2D eigenvalue weighted by Crippen LogP contribution is 2.31. The summed E-state index contributed by atoms with van der Waals surface area (Å²) in [6.45, 7) is 6.74. The second-order valence-corrected chi connectivity index (χ2v) is 10.6. The van der Waals surface area contributed by atoms with Crippen LogP contribution < -0.4 is 16.0 Å². The van der Waals surface area contributed by atoms with Crippen molar-refractivity contribution in [2.75, 3.05) is 11.9 Å². The van der Waals surface area contributed by atoms with Crippen LogP contribution in [-0.4, -0.2) is 58.3 Å². The molecule has 0 aromatic carbocycles. The van der Waals surface area contributed by atoms with Gasteiger partial charge in [0.1, 0.15) is 17.7 Å². The van der Waals surface area contributed by atoms with Gasteiger partial charge < -0.3 is 25.6 Å². The molecule has 1 aliphatic carbocycles. The van der Waals surface area contributed by atoms with Crippen molar-refractivity contribution in [2.45, 2.75) is 83.8 Å². The maximum absolute atomic E-state index is 13.2. The first kappa shape index (κ1) is 27.5. The van der Waals surface area contributed by atoms with E-state index in [0.717, 1.165) is 30.6 Å². The second kappa shape index (κ2) is 10.9. The van der Waals surface area contributed by atoms with E-state index in [2.05, 4.69) is 22.5 Å². The number of ether oxygens (including phenoxy) is 1. The highest BCUT2D eigenvalue weighted by molar-refractivity contribution is 5.96. The molecule has 2 fully saturated rings. The van der Waals surface area contributed by atoms with Crippen LogP contribution in [0.15, 0.2) is 18.5 Å². The quantitative estimate of drug-likeness (QED) is 0.528. The number of halogens is 3. The highest BCUT2D eigenvalue weighted by atomic mass is 19.4. The number of hydrogen-bond donors (Lipinski definition) is 3. The first-order chi connectivity index (χ1) is 16.7. The van der Waals surface area contributed by atoms with E-state index in [1.807, 2.05) is 5.32 Å². The monoisotopic (exact) mass is 513 g/mol. The van der Waals surface area contributed by atoms with Gasteiger partial charge in [0.2, 0.25) is 5.91 Å². The summed E-state index contributed by atoms with van der Waals surface area (Å²) >= 11 is 0. The first-order valence-corrected chi connectivity index (χ1v) is 12.1. The molecule has 1 saturated heterocycles. The first-order valence-electron chi connectivity index (χ1n) is 12.1. The molecule has 3 rings (SSSR count). The number of nitrogens with zero attached hydrogens (tertiary/aromatic N) is 2. The lowest BCUT2D eigenvalue weighted by atomic mass is 9.79. The SMILES string of the molecule is CC1CCC(C(NC(=O)OC(C)(C)C)C(=O)Nc2cncc(CN3C[C@@H](C(F)(F)F)NC3=O)c2)CC1. The lowest BCUT2D eigenvalue weighted by Crippen LogP contribution is -2.50. The molecule has 9 nitrogen and oxygen atoms in total. The molecular formula is C24H34F3N5O4. The minimum atomic E-state index is -4.54. The predicted molar refractivity (Wildman–Crippen MR) is 126 cm³/mol. The molecular weight excluding hydrogens is 479 g/mol. The molecule has 1 unspecified atom stereocenters. The summed E-state index contributed by atoms with van der Waals surface area (Å²) in [5.41, 5.74) is 0.0378. The number of urea groups is 1. The van der Waals surface area contributed by atoms with Crippen LogP contribution in [0.25, 0.3) is 0 Å². The molecule has 0 spiro atoms. The lowest BCUT2D eigenvalue weighted by Gasteiger charge is -2.33. The molecule has 2 heterocycles. The van der Waals surface area contributed by atoms with Gasteiger partial charge in [-0.2, -0.15) is 13.2 Å². The average molecular weight is 514 g/mol. The van der Waals surface area contributed by atoms with Crippen LogP contribution in [-0.2, 0) is 16.1 Å².